The van der Waals surface area contributed by atoms with Crippen LogP contribution in [0.15, 0.2) is 42.6 Å². The molecule has 0 spiro atoms. The fourth-order valence-corrected chi connectivity index (χ4v) is 5.27. The summed E-state index contributed by atoms with van der Waals surface area (Å²) in [6, 6.07) is 11.4. The molecule has 2 N–H and O–H groups in total. The van der Waals surface area contributed by atoms with Crippen LogP contribution in [0, 0.1) is 6.92 Å². The molecule has 0 saturated heterocycles. The van der Waals surface area contributed by atoms with Crippen molar-refractivity contribution in [2.24, 2.45) is 0 Å². The second-order valence-corrected chi connectivity index (χ2v) is 9.36. The molecule has 9 heteroatoms. The third-order valence-corrected chi connectivity index (χ3v) is 6.94. The topological polar surface area (TPSA) is 71.3 Å². The Morgan fingerprint density at radius 3 is 2.62 bits per heavy atom. The van der Waals surface area contributed by atoms with Gasteiger partial charge in [-0.2, -0.15) is 0 Å². The molecule has 6 nitrogen and oxygen atoms in total. The number of carbonyl (C=O) groups is 1. The highest BCUT2D eigenvalue weighted by atomic mass is 32.1. The molecule has 1 aromatic carbocycles. The first-order chi connectivity index (χ1) is 15.5. The van der Waals surface area contributed by atoms with Crippen LogP contribution in [0.5, 0.6) is 0 Å². The Bertz CT molecular complexity index is 1280. The molecule has 166 valence electrons. The summed E-state index contributed by atoms with van der Waals surface area (Å²) >= 11 is 1.54. The van der Waals surface area contributed by atoms with E-state index < -0.39 is 6.43 Å². The number of nitrogens with zero attached hydrogens (tertiary/aromatic N) is 3. The number of aromatic nitrogens is 3. The van der Waals surface area contributed by atoms with E-state index in [2.05, 4.69) is 20.6 Å². The lowest BCUT2D eigenvalue weighted by Crippen LogP contribution is -2.40. The predicted molar refractivity (Wildman–Crippen MR) is 122 cm³/mol. The molecule has 0 atom stereocenters. The number of rotatable bonds is 5. The average Bonchev–Trinajstić information content (AvgIpc) is 3.38. The molecule has 0 radical (unpaired) electrons. The fraction of sp³-hybridized carbons (Fsp3) is 0.348. The molecule has 3 aromatic heterocycles. The van der Waals surface area contributed by atoms with Crippen molar-refractivity contribution in [1.82, 2.24) is 19.7 Å². The molecule has 5 rings (SSSR count). The molecule has 1 aliphatic rings. The maximum atomic E-state index is 13.0. The molecule has 0 bridgehead atoms. The van der Waals surface area contributed by atoms with E-state index in [1.54, 1.807) is 10.5 Å². The van der Waals surface area contributed by atoms with Crippen LogP contribution in [0.1, 0.15) is 53.2 Å². The zero-order chi connectivity index (χ0) is 22.2. The molecule has 0 aliphatic heterocycles. The minimum absolute atomic E-state index is 0.0571. The van der Waals surface area contributed by atoms with E-state index >= 15 is 0 Å². The van der Waals surface area contributed by atoms with E-state index in [0.717, 1.165) is 46.7 Å². The number of anilines is 1. The van der Waals surface area contributed by atoms with Crippen molar-refractivity contribution in [1.29, 1.82) is 0 Å². The normalized spacial score (nSPS) is 19.0. The molecule has 3 heterocycles. The van der Waals surface area contributed by atoms with Crippen LogP contribution in [0.25, 0.3) is 15.9 Å². The predicted octanol–water partition coefficient (Wildman–Crippen LogP) is 5.34. The highest BCUT2D eigenvalue weighted by Gasteiger charge is 2.24. The number of nitrogens with one attached hydrogen (secondary N) is 2. The SMILES string of the molecule is Cc1nc2cccc(C(=O)NC3CCC(Nc4cccc5nc(C(F)F)cn45)CC3)c2s1. The average molecular weight is 456 g/mol. The number of amides is 1. The largest absolute Gasteiger partial charge is 0.368 e. The van der Waals surface area contributed by atoms with Crippen LogP contribution in [-0.2, 0) is 0 Å². The van der Waals surface area contributed by atoms with Crippen molar-refractivity contribution >= 4 is 38.9 Å². The highest BCUT2D eigenvalue weighted by molar-refractivity contribution is 7.18. The third kappa shape index (κ3) is 4.04. The van der Waals surface area contributed by atoms with Gasteiger partial charge in [0, 0.05) is 18.3 Å². The molecule has 1 fully saturated rings. The van der Waals surface area contributed by atoms with Gasteiger partial charge < -0.3 is 10.6 Å². The first kappa shape index (κ1) is 20.8. The molecule has 4 aromatic rings. The number of halogens is 2. The summed E-state index contributed by atoms with van der Waals surface area (Å²) in [5, 5.41) is 7.59. The number of alkyl halides is 2. The lowest BCUT2D eigenvalue weighted by Gasteiger charge is -2.30. The van der Waals surface area contributed by atoms with E-state index in [1.807, 2.05) is 37.3 Å². The van der Waals surface area contributed by atoms with Crippen molar-refractivity contribution in [3.05, 3.63) is 58.9 Å². The monoisotopic (exact) mass is 455 g/mol. The van der Waals surface area contributed by atoms with E-state index in [4.69, 9.17) is 0 Å². The van der Waals surface area contributed by atoms with Gasteiger partial charge in [-0.1, -0.05) is 12.1 Å². The van der Waals surface area contributed by atoms with Crippen molar-refractivity contribution in [3.8, 4) is 0 Å². The lowest BCUT2D eigenvalue weighted by atomic mass is 9.91. The summed E-state index contributed by atoms with van der Waals surface area (Å²) in [5.41, 5.74) is 1.81. The molecule has 1 amide bonds. The first-order valence-electron chi connectivity index (χ1n) is 10.7. The number of hydrogen-bond donors (Lipinski definition) is 2. The van der Waals surface area contributed by atoms with Crippen molar-refractivity contribution in [2.45, 2.75) is 51.1 Å². The maximum Gasteiger partial charge on any atom is 0.281 e. The summed E-state index contributed by atoms with van der Waals surface area (Å²) < 4.78 is 28.6. The van der Waals surface area contributed by atoms with Crippen molar-refractivity contribution in [3.63, 3.8) is 0 Å². The Morgan fingerprint density at radius 2 is 1.84 bits per heavy atom. The zero-order valence-electron chi connectivity index (χ0n) is 17.5. The van der Waals surface area contributed by atoms with Crippen molar-refractivity contribution in [2.75, 3.05) is 5.32 Å². The van der Waals surface area contributed by atoms with Crippen LogP contribution in [0.3, 0.4) is 0 Å². The number of aryl methyl sites for hydroxylation is 1. The van der Waals surface area contributed by atoms with Crippen LogP contribution >= 0.6 is 11.3 Å². The van der Waals surface area contributed by atoms with Crippen LogP contribution in [0.4, 0.5) is 14.6 Å². The second kappa shape index (κ2) is 8.46. The number of hydrogen-bond acceptors (Lipinski definition) is 5. The van der Waals surface area contributed by atoms with Gasteiger partial charge in [0.15, 0.2) is 0 Å². The molecule has 1 saturated carbocycles. The molecular formula is C23H23F2N5OS. The number of imidazole rings is 1. The minimum Gasteiger partial charge on any atom is -0.368 e. The summed E-state index contributed by atoms with van der Waals surface area (Å²) in [6.07, 6.45) is 2.24. The second-order valence-electron chi connectivity index (χ2n) is 8.16. The van der Waals surface area contributed by atoms with Gasteiger partial charge in [0.05, 0.1) is 20.8 Å². The van der Waals surface area contributed by atoms with Crippen LogP contribution in [-0.4, -0.2) is 32.4 Å². The standard InChI is InChI=1S/C23H23F2N5OS/c1-13-26-17-5-2-4-16(21(17)32-13)23(31)28-15-10-8-14(9-11-15)27-19-6-3-7-20-29-18(22(24)25)12-30(19)20/h2-7,12,14-15,22,27H,8-11H2,1H3,(H,28,31). The maximum absolute atomic E-state index is 13.0. The third-order valence-electron chi connectivity index (χ3n) is 5.92. The van der Waals surface area contributed by atoms with Gasteiger partial charge in [0.2, 0.25) is 0 Å². The molecular weight excluding hydrogens is 432 g/mol. The number of fused-ring (bicyclic) bond motifs is 2. The smallest absolute Gasteiger partial charge is 0.281 e. The van der Waals surface area contributed by atoms with Gasteiger partial charge in [0.1, 0.15) is 17.2 Å². The lowest BCUT2D eigenvalue weighted by molar-refractivity contribution is 0.0928. The zero-order valence-corrected chi connectivity index (χ0v) is 18.3. The fourth-order valence-electron chi connectivity index (χ4n) is 4.35. The van der Waals surface area contributed by atoms with Crippen molar-refractivity contribution < 1.29 is 13.6 Å². The summed E-state index contributed by atoms with van der Waals surface area (Å²) in [5.74, 6) is 0.694. The Hall–Kier alpha value is -3.07. The van der Waals surface area contributed by atoms with Crippen LogP contribution < -0.4 is 10.6 Å². The van der Waals surface area contributed by atoms with E-state index in [0.29, 0.717) is 11.2 Å². The number of thiazole rings is 1. The highest BCUT2D eigenvalue weighted by Crippen LogP contribution is 2.27. The minimum atomic E-state index is -2.60. The number of benzene rings is 1. The Balaban J connectivity index is 1.22. The summed E-state index contributed by atoms with van der Waals surface area (Å²) in [6.45, 7) is 1.94. The summed E-state index contributed by atoms with van der Waals surface area (Å²) in [7, 11) is 0. The van der Waals surface area contributed by atoms with Gasteiger partial charge in [-0.15, -0.1) is 11.3 Å². The van der Waals surface area contributed by atoms with E-state index in [1.165, 1.54) is 17.5 Å². The van der Waals surface area contributed by atoms with Gasteiger partial charge >= 0.3 is 0 Å². The molecule has 0 unspecified atom stereocenters. The molecule has 32 heavy (non-hydrogen) atoms. The Morgan fingerprint density at radius 1 is 1.09 bits per heavy atom. The van der Waals surface area contributed by atoms with Crippen LogP contribution in [0.2, 0.25) is 0 Å². The Kier molecular flexibility index (Phi) is 5.50. The van der Waals surface area contributed by atoms with Gasteiger partial charge in [-0.3, -0.25) is 9.20 Å². The number of pyridine rings is 1. The van der Waals surface area contributed by atoms with E-state index in [-0.39, 0.29) is 23.7 Å². The van der Waals surface area contributed by atoms with E-state index in [9.17, 15) is 13.6 Å². The summed E-state index contributed by atoms with van der Waals surface area (Å²) in [4.78, 5) is 21.3. The Labute approximate surface area is 187 Å². The first-order valence-corrected chi connectivity index (χ1v) is 11.5. The number of carbonyl (C=O) groups excluding carboxylic acids is 1. The van der Waals surface area contributed by atoms with Gasteiger partial charge in [0.25, 0.3) is 12.3 Å². The van der Waals surface area contributed by atoms with Gasteiger partial charge in [-0.25, -0.2) is 18.7 Å². The van der Waals surface area contributed by atoms with Gasteiger partial charge in [-0.05, 0) is 56.9 Å². The quantitative estimate of drug-likeness (QED) is 0.426. The molecule has 1 aliphatic carbocycles.